The Labute approximate surface area is 154 Å². The molecule has 0 bridgehead atoms. The monoisotopic (exact) mass is 403 g/mol. The van der Waals surface area contributed by atoms with E-state index < -0.39 is 0 Å². The summed E-state index contributed by atoms with van der Waals surface area (Å²) in [6, 6.07) is 16.7. The molecule has 2 atom stereocenters. The number of ether oxygens (including phenoxy) is 1. The summed E-state index contributed by atoms with van der Waals surface area (Å²) in [6.07, 6.45) is 0. The fourth-order valence-electron chi connectivity index (χ4n) is 3.11. The number of hydrogen-bond acceptors (Lipinski definition) is 3. The molecule has 4 nitrogen and oxygen atoms in total. The SMILES string of the molecule is COc1ccc(N2C(=O)C(C(C)C)C2C(=O)[Se]c2ccccc2)cc1. The number of carbonyl (C=O) groups is 2. The van der Waals surface area contributed by atoms with Crippen LogP contribution in [0.1, 0.15) is 13.8 Å². The van der Waals surface area contributed by atoms with Crippen molar-refractivity contribution < 1.29 is 14.3 Å². The topological polar surface area (TPSA) is 46.6 Å². The summed E-state index contributed by atoms with van der Waals surface area (Å²) in [5, 5.41) is 0. The first-order chi connectivity index (χ1) is 12.0. The molecular formula is C20H21NO3Se. The summed E-state index contributed by atoms with van der Waals surface area (Å²) < 4.78 is 6.36. The molecule has 0 aliphatic carbocycles. The van der Waals surface area contributed by atoms with Crippen LogP contribution in [0, 0.1) is 11.8 Å². The molecule has 1 aliphatic heterocycles. The molecule has 0 aromatic heterocycles. The summed E-state index contributed by atoms with van der Waals surface area (Å²) in [4.78, 5) is 27.3. The number of nitrogens with zero attached hydrogens (tertiary/aromatic N) is 1. The van der Waals surface area contributed by atoms with Crippen LogP contribution in [-0.2, 0) is 9.59 Å². The molecule has 2 aromatic carbocycles. The zero-order valence-electron chi connectivity index (χ0n) is 14.5. The number of anilines is 1. The zero-order chi connectivity index (χ0) is 18.0. The molecule has 130 valence electrons. The van der Waals surface area contributed by atoms with Crippen molar-refractivity contribution in [3.8, 4) is 5.75 Å². The normalized spacial score (nSPS) is 19.7. The first-order valence-corrected chi connectivity index (χ1v) is 9.98. The van der Waals surface area contributed by atoms with Gasteiger partial charge in [-0.05, 0) is 0 Å². The molecular weight excluding hydrogens is 381 g/mol. The Morgan fingerprint density at radius 3 is 2.28 bits per heavy atom. The van der Waals surface area contributed by atoms with Gasteiger partial charge in [0.15, 0.2) is 0 Å². The van der Waals surface area contributed by atoms with E-state index in [1.807, 2.05) is 68.4 Å². The van der Waals surface area contributed by atoms with E-state index in [2.05, 4.69) is 0 Å². The molecule has 1 heterocycles. The van der Waals surface area contributed by atoms with Crippen LogP contribution in [0.5, 0.6) is 5.75 Å². The van der Waals surface area contributed by atoms with Crippen LogP contribution in [0.3, 0.4) is 0 Å². The Balaban J connectivity index is 1.85. The number of carbonyl (C=O) groups excluding carboxylic acids is 2. The number of β-lactam (4-membered cyclic amide) rings is 1. The molecule has 1 aliphatic rings. The fourth-order valence-corrected chi connectivity index (χ4v) is 4.99. The van der Waals surface area contributed by atoms with Crippen LogP contribution in [0.15, 0.2) is 54.6 Å². The summed E-state index contributed by atoms with van der Waals surface area (Å²) in [6.45, 7) is 4.01. The standard InChI is InChI=1S/C20H21NO3Se/c1-13(2)17-18(20(23)25-16-7-5-4-6-8-16)21(19(17)22)14-9-11-15(24-3)12-10-14/h4-13,17-18H,1-3H3. The van der Waals surface area contributed by atoms with Crippen LogP contribution in [0.2, 0.25) is 0 Å². The van der Waals surface area contributed by atoms with Crippen LogP contribution in [0.25, 0.3) is 0 Å². The van der Waals surface area contributed by atoms with Crippen LogP contribution in [0.4, 0.5) is 5.69 Å². The molecule has 2 aromatic rings. The summed E-state index contributed by atoms with van der Waals surface area (Å²) in [5.41, 5.74) is 0.755. The zero-order valence-corrected chi connectivity index (χ0v) is 16.2. The average molecular weight is 402 g/mol. The van der Waals surface area contributed by atoms with Gasteiger partial charge in [-0.25, -0.2) is 0 Å². The third-order valence-electron chi connectivity index (χ3n) is 4.41. The molecule has 1 fully saturated rings. The summed E-state index contributed by atoms with van der Waals surface area (Å²) in [7, 11) is 1.60. The second-order valence-corrected chi connectivity index (χ2v) is 8.62. The van der Waals surface area contributed by atoms with Gasteiger partial charge in [0.25, 0.3) is 0 Å². The van der Waals surface area contributed by atoms with E-state index >= 15 is 0 Å². The van der Waals surface area contributed by atoms with Gasteiger partial charge in [-0.15, -0.1) is 0 Å². The van der Waals surface area contributed by atoms with E-state index in [-0.39, 0.29) is 43.4 Å². The number of benzene rings is 2. The first kappa shape index (κ1) is 17.7. The van der Waals surface area contributed by atoms with Crippen molar-refractivity contribution in [3.05, 3.63) is 54.6 Å². The van der Waals surface area contributed by atoms with Gasteiger partial charge in [0.05, 0.1) is 0 Å². The van der Waals surface area contributed by atoms with E-state index in [1.165, 1.54) is 0 Å². The second kappa shape index (κ2) is 7.42. The molecule has 0 saturated carbocycles. The molecule has 5 heteroatoms. The van der Waals surface area contributed by atoms with Gasteiger partial charge in [-0.1, -0.05) is 0 Å². The van der Waals surface area contributed by atoms with E-state index in [1.54, 1.807) is 12.0 Å². The van der Waals surface area contributed by atoms with Crippen molar-refractivity contribution in [2.24, 2.45) is 11.8 Å². The second-order valence-electron chi connectivity index (χ2n) is 6.36. The molecule has 0 spiro atoms. The number of hydrogen-bond donors (Lipinski definition) is 0. The Morgan fingerprint density at radius 2 is 1.72 bits per heavy atom. The van der Waals surface area contributed by atoms with Crippen LogP contribution in [-0.4, -0.2) is 38.7 Å². The molecule has 1 amide bonds. The van der Waals surface area contributed by atoms with Crippen molar-refractivity contribution in [1.82, 2.24) is 0 Å². The molecule has 1 saturated heterocycles. The minimum atomic E-state index is -0.374. The molecule has 0 N–H and O–H groups in total. The predicted octanol–water partition coefficient (Wildman–Crippen LogP) is 2.24. The van der Waals surface area contributed by atoms with Gasteiger partial charge in [0.2, 0.25) is 0 Å². The van der Waals surface area contributed by atoms with Crippen molar-refractivity contribution in [2.75, 3.05) is 12.0 Å². The molecule has 2 unspecified atom stereocenters. The fraction of sp³-hybridized carbons (Fsp3) is 0.300. The Hall–Kier alpha value is -2.10. The Morgan fingerprint density at radius 1 is 1.08 bits per heavy atom. The summed E-state index contributed by atoms with van der Waals surface area (Å²) >= 11 is -0.301. The predicted molar refractivity (Wildman–Crippen MR) is 99.4 cm³/mol. The Kier molecular flexibility index (Phi) is 5.26. The van der Waals surface area contributed by atoms with Crippen molar-refractivity contribution in [1.29, 1.82) is 0 Å². The van der Waals surface area contributed by atoms with Gasteiger partial charge < -0.3 is 0 Å². The van der Waals surface area contributed by atoms with Gasteiger partial charge in [-0.2, -0.15) is 0 Å². The number of methoxy groups -OCH3 is 1. The van der Waals surface area contributed by atoms with Crippen LogP contribution < -0.4 is 14.1 Å². The number of amides is 1. The van der Waals surface area contributed by atoms with E-state index in [4.69, 9.17) is 4.74 Å². The number of rotatable bonds is 6. The average Bonchev–Trinajstić information content (AvgIpc) is 2.60. The third-order valence-corrected chi connectivity index (χ3v) is 6.41. The quantitative estimate of drug-likeness (QED) is 0.550. The maximum atomic E-state index is 13.0. The third kappa shape index (κ3) is 3.48. The summed E-state index contributed by atoms with van der Waals surface area (Å²) in [5.74, 6) is 0.665. The van der Waals surface area contributed by atoms with E-state index in [9.17, 15) is 9.59 Å². The first-order valence-electron chi connectivity index (χ1n) is 8.27. The minimum absolute atomic E-state index is 0.0300. The molecule has 25 heavy (non-hydrogen) atoms. The van der Waals surface area contributed by atoms with Crippen molar-refractivity contribution in [3.63, 3.8) is 0 Å². The van der Waals surface area contributed by atoms with E-state index in [0.717, 1.165) is 15.9 Å². The van der Waals surface area contributed by atoms with Crippen molar-refractivity contribution >= 4 is 35.7 Å². The van der Waals surface area contributed by atoms with Crippen molar-refractivity contribution in [2.45, 2.75) is 19.9 Å². The van der Waals surface area contributed by atoms with Crippen LogP contribution >= 0.6 is 0 Å². The van der Waals surface area contributed by atoms with E-state index in [0.29, 0.717) is 0 Å². The molecule has 0 radical (unpaired) electrons. The Bertz CT molecular complexity index is 758. The van der Waals surface area contributed by atoms with Gasteiger partial charge in [-0.3, -0.25) is 0 Å². The van der Waals surface area contributed by atoms with Gasteiger partial charge >= 0.3 is 154 Å². The van der Waals surface area contributed by atoms with Gasteiger partial charge in [0.1, 0.15) is 0 Å². The molecule has 3 rings (SSSR count). The maximum absolute atomic E-state index is 13.0. The van der Waals surface area contributed by atoms with Gasteiger partial charge in [0, 0.05) is 0 Å².